The minimum atomic E-state index is -0.108. The molecule has 7 nitrogen and oxygen atoms in total. The number of hydrogen-bond acceptors (Lipinski definition) is 7. The Hall–Kier alpha value is -2.93. The van der Waals surface area contributed by atoms with E-state index in [4.69, 9.17) is 15.0 Å². The van der Waals surface area contributed by atoms with Gasteiger partial charge in [-0.2, -0.15) is 15.5 Å². The van der Waals surface area contributed by atoms with Crippen LogP contribution in [0.1, 0.15) is 30.4 Å². The number of nitriles is 2. The van der Waals surface area contributed by atoms with E-state index >= 15 is 0 Å². The van der Waals surface area contributed by atoms with E-state index in [0.29, 0.717) is 23.0 Å². The summed E-state index contributed by atoms with van der Waals surface area (Å²) in [5.41, 5.74) is 0.990. The highest BCUT2D eigenvalue weighted by atomic mass is 16.5. The van der Waals surface area contributed by atoms with Crippen molar-refractivity contribution in [2.75, 3.05) is 6.54 Å². The molecule has 1 saturated heterocycles. The zero-order valence-corrected chi connectivity index (χ0v) is 10.5. The van der Waals surface area contributed by atoms with E-state index in [2.05, 4.69) is 21.3 Å². The Morgan fingerprint density at radius 1 is 1.35 bits per heavy atom. The molecule has 0 spiro atoms. The Kier molecular flexibility index (Phi) is 3.02. The number of likely N-dealkylation sites (tertiary alicyclic amines) is 1. The van der Waals surface area contributed by atoms with E-state index in [0.717, 1.165) is 19.4 Å². The first-order valence-electron chi connectivity index (χ1n) is 6.18. The van der Waals surface area contributed by atoms with Crippen LogP contribution in [0.25, 0.3) is 11.5 Å². The second kappa shape index (κ2) is 4.98. The monoisotopic (exact) mass is 266 g/mol. The van der Waals surface area contributed by atoms with Gasteiger partial charge in [0.2, 0.25) is 0 Å². The molecule has 1 unspecified atom stereocenters. The van der Waals surface area contributed by atoms with E-state index < -0.39 is 0 Å². The molecule has 20 heavy (non-hydrogen) atoms. The summed E-state index contributed by atoms with van der Waals surface area (Å²) in [6.45, 7) is 0.726. The third kappa shape index (κ3) is 2.06. The number of nitrogens with zero attached hydrogens (tertiary/aromatic N) is 6. The number of pyridine rings is 1. The Bertz CT molecular complexity index is 693. The van der Waals surface area contributed by atoms with Gasteiger partial charge in [0, 0.05) is 12.7 Å². The van der Waals surface area contributed by atoms with Crippen LogP contribution >= 0.6 is 0 Å². The molecule has 1 aliphatic rings. The maximum atomic E-state index is 9.03. The smallest absolute Gasteiger partial charge is 0.259 e. The summed E-state index contributed by atoms with van der Waals surface area (Å²) in [6, 6.07) is 5.14. The summed E-state index contributed by atoms with van der Waals surface area (Å²) in [5, 5.41) is 21.7. The van der Waals surface area contributed by atoms with Gasteiger partial charge in [-0.15, -0.1) is 0 Å². The molecule has 1 atom stereocenters. The lowest BCUT2D eigenvalue weighted by molar-refractivity contribution is 0.339. The van der Waals surface area contributed by atoms with Crippen molar-refractivity contribution in [2.45, 2.75) is 18.9 Å². The fourth-order valence-corrected chi connectivity index (χ4v) is 2.23. The standard InChI is InChI=1S/C13H10N6O/c14-6-10-4-3-9(7-16-10)13-17-12(18-20-13)11-2-1-5-19(11)8-15/h3-4,7,11H,1-2,5H2. The van der Waals surface area contributed by atoms with Crippen molar-refractivity contribution >= 4 is 0 Å². The average molecular weight is 266 g/mol. The van der Waals surface area contributed by atoms with E-state index in [-0.39, 0.29) is 6.04 Å². The third-order valence-electron chi connectivity index (χ3n) is 3.25. The van der Waals surface area contributed by atoms with Gasteiger partial charge in [-0.05, 0) is 25.0 Å². The molecule has 0 amide bonds. The molecule has 3 rings (SSSR count). The highest BCUT2D eigenvalue weighted by Crippen LogP contribution is 2.30. The Morgan fingerprint density at radius 3 is 2.95 bits per heavy atom. The lowest BCUT2D eigenvalue weighted by Gasteiger charge is -2.13. The Labute approximate surface area is 115 Å². The lowest BCUT2D eigenvalue weighted by Crippen LogP contribution is -2.17. The lowest BCUT2D eigenvalue weighted by atomic mass is 10.2. The first-order valence-corrected chi connectivity index (χ1v) is 6.18. The molecule has 0 aliphatic carbocycles. The normalized spacial score (nSPS) is 17.7. The zero-order valence-electron chi connectivity index (χ0n) is 10.5. The molecule has 2 aromatic rings. The van der Waals surface area contributed by atoms with Crippen LogP contribution in [-0.2, 0) is 0 Å². The largest absolute Gasteiger partial charge is 0.334 e. The number of aromatic nitrogens is 3. The fourth-order valence-electron chi connectivity index (χ4n) is 2.23. The van der Waals surface area contributed by atoms with Gasteiger partial charge in [0.05, 0.1) is 5.56 Å². The second-order valence-corrected chi connectivity index (χ2v) is 4.45. The van der Waals surface area contributed by atoms with Gasteiger partial charge in [-0.1, -0.05) is 5.16 Å². The van der Waals surface area contributed by atoms with Crippen LogP contribution in [0.2, 0.25) is 0 Å². The Balaban J connectivity index is 1.86. The zero-order chi connectivity index (χ0) is 13.9. The molecule has 0 N–H and O–H groups in total. The minimum Gasteiger partial charge on any atom is -0.334 e. The number of rotatable bonds is 2. The molecule has 2 aromatic heterocycles. The maximum absolute atomic E-state index is 9.03. The van der Waals surface area contributed by atoms with Gasteiger partial charge in [0.15, 0.2) is 12.0 Å². The molecule has 1 fully saturated rings. The average Bonchev–Trinajstić information content (AvgIpc) is 3.15. The van der Waals surface area contributed by atoms with Crippen molar-refractivity contribution in [2.24, 2.45) is 0 Å². The second-order valence-electron chi connectivity index (χ2n) is 4.45. The minimum absolute atomic E-state index is 0.108. The van der Waals surface area contributed by atoms with Crippen LogP contribution in [0, 0.1) is 22.8 Å². The number of hydrogen-bond donors (Lipinski definition) is 0. The van der Waals surface area contributed by atoms with Crippen LogP contribution in [0.5, 0.6) is 0 Å². The van der Waals surface area contributed by atoms with Crippen LogP contribution in [0.3, 0.4) is 0 Å². The van der Waals surface area contributed by atoms with Gasteiger partial charge >= 0.3 is 0 Å². The van der Waals surface area contributed by atoms with E-state index in [1.54, 1.807) is 17.0 Å². The van der Waals surface area contributed by atoms with Crippen molar-refractivity contribution in [1.29, 1.82) is 10.5 Å². The molecule has 98 valence electrons. The molecule has 3 heterocycles. The van der Waals surface area contributed by atoms with Gasteiger partial charge in [0.25, 0.3) is 5.89 Å². The van der Waals surface area contributed by atoms with Gasteiger partial charge in [-0.3, -0.25) is 4.90 Å². The SMILES string of the molecule is N#Cc1ccc(-c2nc(C3CCCN3C#N)no2)cn1. The van der Waals surface area contributed by atoms with Gasteiger partial charge in [-0.25, -0.2) is 4.98 Å². The summed E-state index contributed by atoms with van der Waals surface area (Å²) in [6.07, 6.45) is 5.45. The third-order valence-corrected chi connectivity index (χ3v) is 3.25. The summed E-state index contributed by atoms with van der Waals surface area (Å²) in [5.74, 6) is 0.866. The molecule has 7 heteroatoms. The predicted octanol–water partition coefficient (Wildman–Crippen LogP) is 1.62. The van der Waals surface area contributed by atoms with Crippen LogP contribution in [-0.4, -0.2) is 26.6 Å². The summed E-state index contributed by atoms with van der Waals surface area (Å²) in [4.78, 5) is 9.94. The molecule has 0 aromatic carbocycles. The van der Waals surface area contributed by atoms with Gasteiger partial charge in [0.1, 0.15) is 17.8 Å². The van der Waals surface area contributed by atoms with Crippen molar-refractivity contribution in [3.63, 3.8) is 0 Å². The van der Waals surface area contributed by atoms with E-state index in [1.807, 2.05) is 6.07 Å². The summed E-state index contributed by atoms with van der Waals surface area (Å²) >= 11 is 0. The quantitative estimate of drug-likeness (QED) is 0.761. The van der Waals surface area contributed by atoms with Gasteiger partial charge < -0.3 is 4.52 Å². The van der Waals surface area contributed by atoms with Crippen LogP contribution in [0.4, 0.5) is 0 Å². The van der Waals surface area contributed by atoms with Crippen LogP contribution in [0.15, 0.2) is 22.9 Å². The Morgan fingerprint density at radius 2 is 2.25 bits per heavy atom. The first-order chi connectivity index (χ1) is 9.81. The van der Waals surface area contributed by atoms with E-state index in [1.165, 1.54) is 6.20 Å². The predicted molar refractivity (Wildman–Crippen MR) is 66.5 cm³/mol. The highest BCUT2D eigenvalue weighted by Gasteiger charge is 2.29. The molecule has 0 bridgehead atoms. The fraction of sp³-hybridized carbons (Fsp3) is 0.308. The highest BCUT2D eigenvalue weighted by molar-refractivity contribution is 5.51. The first kappa shape index (κ1) is 12.1. The molecule has 1 aliphatic heterocycles. The van der Waals surface area contributed by atoms with Crippen molar-refractivity contribution in [3.05, 3.63) is 29.8 Å². The topological polar surface area (TPSA) is 103 Å². The maximum Gasteiger partial charge on any atom is 0.259 e. The van der Waals surface area contributed by atoms with Crippen molar-refractivity contribution in [3.8, 4) is 23.7 Å². The molecular formula is C13H10N6O. The summed E-state index contributed by atoms with van der Waals surface area (Å²) in [7, 11) is 0. The van der Waals surface area contributed by atoms with Crippen molar-refractivity contribution < 1.29 is 4.52 Å². The van der Waals surface area contributed by atoms with Crippen molar-refractivity contribution in [1.82, 2.24) is 20.0 Å². The molecule has 0 saturated carbocycles. The molecule has 0 radical (unpaired) electrons. The summed E-state index contributed by atoms with van der Waals surface area (Å²) < 4.78 is 5.21. The van der Waals surface area contributed by atoms with E-state index in [9.17, 15) is 0 Å². The van der Waals surface area contributed by atoms with Crippen LogP contribution < -0.4 is 0 Å². The molecular weight excluding hydrogens is 256 g/mol.